The molecule has 3 rings (SSSR count). The first-order chi connectivity index (χ1) is 12.3. The lowest BCUT2D eigenvalue weighted by atomic mass is 9.81. The minimum Gasteiger partial charge on any atom is -0.444 e. The molecule has 144 valence electrons. The number of hydrogen-bond donors (Lipinski definition) is 0. The molecule has 0 radical (unpaired) electrons. The Kier molecular flexibility index (Phi) is 5.37. The van der Waals surface area contributed by atoms with Crippen molar-refractivity contribution < 1.29 is 19.1 Å². The monoisotopic (exact) mass is 363 g/mol. The molecule has 0 spiro atoms. The highest BCUT2D eigenvalue weighted by molar-refractivity contribution is 5.97. The zero-order valence-corrected chi connectivity index (χ0v) is 16.1. The number of carbonyl (C=O) groups is 2. The third-order valence-corrected chi connectivity index (χ3v) is 4.87. The summed E-state index contributed by atoms with van der Waals surface area (Å²) in [7, 11) is 0. The fourth-order valence-corrected chi connectivity index (χ4v) is 3.82. The first kappa shape index (κ1) is 18.9. The van der Waals surface area contributed by atoms with E-state index in [4.69, 9.17) is 9.47 Å². The van der Waals surface area contributed by atoms with Crippen molar-refractivity contribution in [3.8, 4) is 0 Å². The van der Waals surface area contributed by atoms with E-state index in [0.717, 1.165) is 13.0 Å². The Hall–Kier alpha value is -1.89. The number of rotatable bonds is 4. The van der Waals surface area contributed by atoms with Gasteiger partial charge in [-0.05, 0) is 40.0 Å². The lowest BCUT2D eigenvalue weighted by molar-refractivity contribution is -0.0861. The van der Waals surface area contributed by atoms with E-state index in [1.54, 1.807) is 11.1 Å². The molecule has 2 unspecified atom stereocenters. The third kappa shape index (κ3) is 4.09. The molecule has 2 saturated heterocycles. The van der Waals surface area contributed by atoms with Crippen LogP contribution in [0.2, 0.25) is 0 Å². The zero-order chi connectivity index (χ0) is 18.9. The Morgan fingerprint density at radius 3 is 2.50 bits per heavy atom. The molecule has 2 aliphatic rings. The van der Waals surface area contributed by atoms with Gasteiger partial charge in [-0.2, -0.15) is 5.10 Å². The Balaban J connectivity index is 1.70. The van der Waals surface area contributed by atoms with Gasteiger partial charge in [0.1, 0.15) is 5.60 Å². The zero-order valence-electron chi connectivity index (χ0n) is 16.1. The van der Waals surface area contributed by atoms with Crippen molar-refractivity contribution in [1.29, 1.82) is 0 Å². The number of ketones is 1. The molecule has 7 heteroatoms. The second kappa shape index (κ2) is 7.39. The van der Waals surface area contributed by atoms with Crippen LogP contribution in [0.15, 0.2) is 12.4 Å². The Morgan fingerprint density at radius 2 is 1.92 bits per heavy atom. The van der Waals surface area contributed by atoms with Crippen molar-refractivity contribution in [2.24, 2.45) is 5.92 Å². The van der Waals surface area contributed by atoms with Crippen LogP contribution in [-0.4, -0.2) is 57.5 Å². The normalized spacial score (nSPS) is 25.8. The number of nitrogens with zero attached hydrogens (tertiary/aromatic N) is 3. The highest BCUT2D eigenvalue weighted by Gasteiger charge is 2.45. The van der Waals surface area contributed by atoms with Gasteiger partial charge in [0.05, 0.1) is 37.1 Å². The van der Waals surface area contributed by atoms with Crippen LogP contribution < -0.4 is 0 Å². The van der Waals surface area contributed by atoms with Gasteiger partial charge in [0.2, 0.25) is 0 Å². The topological polar surface area (TPSA) is 73.7 Å². The van der Waals surface area contributed by atoms with Crippen molar-refractivity contribution in [2.75, 3.05) is 13.2 Å². The van der Waals surface area contributed by atoms with Crippen LogP contribution in [0, 0.1) is 5.92 Å². The molecular formula is C19H29N3O4. The van der Waals surface area contributed by atoms with Crippen LogP contribution >= 0.6 is 0 Å². The summed E-state index contributed by atoms with van der Waals surface area (Å²) >= 11 is 0. The predicted octanol–water partition coefficient (Wildman–Crippen LogP) is 2.89. The summed E-state index contributed by atoms with van der Waals surface area (Å²) in [6.45, 7) is 9.38. The van der Waals surface area contributed by atoms with Gasteiger partial charge in [-0.15, -0.1) is 0 Å². The summed E-state index contributed by atoms with van der Waals surface area (Å²) in [6, 6.07) is -0.228. The number of carbonyl (C=O) groups excluding carboxylic acids is 2. The molecule has 0 N–H and O–H groups in total. The van der Waals surface area contributed by atoms with Crippen LogP contribution in [0.4, 0.5) is 4.79 Å². The molecule has 2 atom stereocenters. The van der Waals surface area contributed by atoms with E-state index in [-0.39, 0.29) is 29.9 Å². The number of amides is 1. The maximum atomic E-state index is 12.9. The second-order valence-electron chi connectivity index (χ2n) is 8.26. The van der Waals surface area contributed by atoms with Gasteiger partial charge in [-0.1, -0.05) is 6.92 Å². The van der Waals surface area contributed by atoms with Crippen molar-refractivity contribution in [3.63, 3.8) is 0 Å². The molecule has 1 aromatic rings. The molecular weight excluding hydrogens is 334 g/mol. The summed E-state index contributed by atoms with van der Waals surface area (Å²) in [5.41, 5.74) is 0.125. The number of Topliss-reactive ketones (excluding diaryl/α,β-unsaturated/α-hetero) is 1. The number of ether oxygens (including phenoxy) is 2. The van der Waals surface area contributed by atoms with Crippen LogP contribution in [0.3, 0.4) is 0 Å². The lowest BCUT2D eigenvalue weighted by Crippen LogP contribution is -2.60. The summed E-state index contributed by atoms with van der Waals surface area (Å²) in [4.78, 5) is 27.3. The fraction of sp³-hybridized carbons (Fsp3) is 0.737. The van der Waals surface area contributed by atoms with Gasteiger partial charge >= 0.3 is 6.09 Å². The predicted molar refractivity (Wildman–Crippen MR) is 96.0 cm³/mol. The summed E-state index contributed by atoms with van der Waals surface area (Å²) in [5, 5.41) is 4.26. The van der Waals surface area contributed by atoms with E-state index in [2.05, 4.69) is 12.0 Å². The first-order valence-electron chi connectivity index (χ1n) is 9.44. The Bertz CT molecular complexity index is 650. The number of piperidine rings is 1. The largest absolute Gasteiger partial charge is 0.444 e. The van der Waals surface area contributed by atoms with Gasteiger partial charge in [0, 0.05) is 18.7 Å². The van der Waals surface area contributed by atoms with E-state index in [9.17, 15) is 9.59 Å². The minimum absolute atomic E-state index is 0.105. The Labute approximate surface area is 154 Å². The fourth-order valence-electron chi connectivity index (χ4n) is 3.82. The smallest absolute Gasteiger partial charge is 0.410 e. The summed E-state index contributed by atoms with van der Waals surface area (Å²) < 4.78 is 13.0. The van der Waals surface area contributed by atoms with Gasteiger partial charge in [-0.3, -0.25) is 14.4 Å². The van der Waals surface area contributed by atoms with E-state index in [1.165, 1.54) is 0 Å². The number of hydrogen-bond acceptors (Lipinski definition) is 5. The van der Waals surface area contributed by atoms with Crippen LogP contribution in [0.1, 0.15) is 57.3 Å². The highest BCUT2D eigenvalue weighted by Crippen LogP contribution is 2.34. The molecule has 0 aliphatic carbocycles. The number of aromatic nitrogens is 2. The average molecular weight is 363 g/mol. The first-order valence-corrected chi connectivity index (χ1v) is 9.44. The van der Waals surface area contributed by atoms with Gasteiger partial charge < -0.3 is 9.47 Å². The molecule has 1 aromatic heterocycles. The molecule has 2 bridgehead atoms. The minimum atomic E-state index is -0.535. The second-order valence-corrected chi connectivity index (χ2v) is 8.26. The maximum Gasteiger partial charge on any atom is 0.410 e. The van der Waals surface area contributed by atoms with Gasteiger partial charge in [0.25, 0.3) is 0 Å². The number of fused-ring (bicyclic) bond motifs is 2. The summed E-state index contributed by atoms with van der Waals surface area (Å²) in [5.74, 6) is 0.0138. The molecule has 3 heterocycles. The third-order valence-electron chi connectivity index (χ3n) is 4.87. The van der Waals surface area contributed by atoms with Crippen molar-refractivity contribution in [3.05, 3.63) is 18.0 Å². The van der Waals surface area contributed by atoms with E-state index in [1.807, 2.05) is 31.6 Å². The molecule has 2 aliphatic heterocycles. The Morgan fingerprint density at radius 1 is 1.27 bits per heavy atom. The quantitative estimate of drug-likeness (QED) is 0.769. The molecule has 2 fully saturated rings. The van der Waals surface area contributed by atoms with E-state index in [0.29, 0.717) is 31.6 Å². The van der Waals surface area contributed by atoms with Gasteiger partial charge in [-0.25, -0.2) is 4.79 Å². The lowest BCUT2D eigenvalue weighted by Gasteiger charge is -2.47. The highest BCUT2D eigenvalue weighted by atomic mass is 16.6. The molecule has 0 aromatic carbocycles. The molecule has 0 saturated carbocycles. The van der Waals surface area contributed by atoms with Gasteiger partial charge in [0.15, 0.2) is 5.78 Å². The maximum absolute atomic E-state index is 12.9. The SMILES string of the molecule is CCCn1cc(C(=O)C2CC3COCC(C2)N3C(=O)OC(C)(C)C)cn1. The summed E-state index contributed by atoms with van der Waals surface area (Å²) in [6.07, 6.45) is 5.37. The molecule has 26 heavy (non-hydrogen) atoms. The van der Waals surface area contributed by atoms with Crippen molar-refractivity contribution in [2.45, 2.75) is 71.2 Å². The van der Waals surface area contributed by atoms with Crippen molar-refractivity contribution in [1.82, 2.24) is 14.7 Å². The van der Waals surface area contributed by atoms with Crippen LogP contribution in [-0.2, 0) is 16.0 Å². The average Bonchev–Trinajstić information content (AvgIpc) is 3.00. The molecule has 1 amide bonds. The van der Waals surface area contributed by atoms with E-state index < -0.39 is 5.60 Å². The van der Waals surface area contributed by atoms with Crippen molar-refractivity contribution >= 4 is 11.9 Å². The standard InChI is InChI=1S/C19H29N3O4/c1-5-6-21-10-14(9-20-21)17(23)13-7-15-11-25-12-16(8-13)22(15)18(24)26-19(2,3)4/h9-10,13,15-16H,5-8,11-12H2,1-4H3. The van der Waals surface area contributed by atoms with Crippen LogP contribution in [0.5, 0.6) is 0 Å². The molecule has 7 nitrogen and oxygen atoms in total. The number of morpholine rings is 1. The van der Waals surface area contributed by atoms with Crippen LogP contribution in [0.25, 0.3) is 0 Å². The van der Waals surface area contributed by atoms with E-state index >= 15 is 0 Å². The number of aryl methyl sites for hydroxylation is 1.